The zero-order chi connectivity index (χ0) is 32.6. The summed E-state index contributed by atoms with van der Waals surface area (Å²) in [5, 5.41) is 2.78. The van der Waals surface area contributed by atoms with Crippen LogP contribution in [0.3, 0.4) is 0 Å². The van der Waals surface area contributed by atoms with Gasteiger partial charge in [0, 0.05) is 31.2 Å². The number of nitrogens with one attached hydrogen (secondary N) is 1. The minimum absolute atomic E-state index is 0.0800. The van der Waals surface area contributed by atoms with Gasteiger partial charge >= 0.3 is 6.09 Å². The highest BCUT2D eigenvalue weighted by Crippen LogP contribution is 2.45. The average molecular weight is 632 g/mol. The lowest BCUT2D eigenvalue weighted by Crippen LogP contribution is -2.54. The van der Waals surface area contributed by atoms with Crippen LogP contribution in [0.25, 0.3) is 11.0 Å². The number of carbonyl (C=O) groups is 2. The van der Waals surface area contributed by atoms with Gasteiger partial charge in [0.2, 0.25) is 5.91 Å². The number of imidazole rings is 1. The van der Waals surface area contributed by atoms with E-state index in [0.29, 0.717) is 37.6 Å². The smallest absolute Gasteiger partial charge is 0.408 e. The Balaban J connectivity index is 1.14. The number of rotatable bonds is 8. The van der Waals surface area contributed by atoms with Crippen LogP contribution in [-0.4, -0.2) is 74.7 Å². The SMILES string of the molecule is CCC(NC(=O)OC(C)(C)C)C(=O)N1CCC(CCN2C3CCC2CC(n2c(C)nc4ccccc42)C3)(c2cccc(F)c2)CC1. The second kappa shape index (κ2) is 13.0. The number of piperidine rings is 2. The summed E-state index contributed by atoms with van der Waals surface area (Å²) < 4.78 is 22.5. The van der Waals surface area contributed by atoms with E-state index in [1.165, 1.54) is 24.4 Å². The molecule has 3 aliphatic heterocycles. The summed E-state index contributed by atoms with van der Waals surface area (Å²) in [5.74, 6) is 0.799. The van der Waals surface area contributed by atoms with E-state index < -0.39 is 17.7 Å². The molecule has 3 fully saturated rings. The van der Waals surface area contributed by atoms with Gasteiger partial charge in [-0.3, -0.25) is 9.69 Å². The van der Waals surface area contributed by atoms with Crippen LogP contribution in [0.5, 0.6) is 0 Å². The highest BCUT2D eigenvalue weighted by Gasteiger charge is 2.44. The lowest BCUT2D eigenvalue weighted by atomic mass is 9.70. The molecule has 46 heavy (non-hydrogen) atoms. The molecule has 8 nitrogen and oxygen atoms in total. The number of halogens is 1. The molecule has 1 N–H and O–H groups in total. The van der Waals surface area contributed by atoms with Crippen LogP contribution in [0.1, 0.15) is 96.5 Å². The summed E-state index contributed by atoms with van der Waals surface area (Å²) in [6, 6.07) is 16.4. The molecule has 2 bridgehead atoms. The van der Waals surface area contributed by atoms with Crippen LogP contribution in [-0.2, 0) is 14.9 Å². The van der Waals surface area contributed by atoms with Gasteiger partial charge in [-0.05, 0) is 121 Å². The Morgan fingerprint density at radius 2 is 1.74 bits per heavy atom. The van der Waals surface area contributed by atoms with Gasteiger partial charge in [-0.15, -0.1) is 0 Å². The molecule has 2 amide bonds. The first-order valence-corrected chi connectivity index (χ1v) is 17.2. The predicted octanol–water partition coefficient (Wildman–Crippen LogP) is 6.91. The van der Waals surface area contributed by atoms with E-state index in [2.05, 4.69) is 52.0 Å². The van der Waals surface area contributed by atoms with Gasteiger partial charge in [0.1, 0.15) is 23.3 Å². The van der Waals surface area contributed by atoms with Gasteiger partial charge in [-0.1, -0.05) is 31.2 Å². The first kappa shape index (κ1) is 32.5. The zero-order valence-corrected chi connectivity index (χ0v) is 28.1. The summed E-state index contributed by atoms with van der Waals surface area (Å²) in [6.07, 6.45) is 7.03. The number of hydrogen-bond donors (Lipinski definition) is 1. The van der Waals surface area contributed by atoms with E-state index in [-0.39, 0.29) is 17.1 Å². The van der Waals surface area contributed by atoms with Crippen LogP contribution in [0.15, 0.2) is 48.5 Å². The summed E-state index contributed by atoms with van der Waals surface area (Å²) in [4.78, 5) is 35.4. The number of amides is 2. The van der Waals surface area contributed by atoms with Crippen molar-refractivity contribution in [3.8, 4) is 0 Å². The van der Waals surface area contributed by atoms with Gasteiger partial charge in [-0.25, -0.2) is 14.2 Å². The molecule has 0 spiro atoms. The summed E-state index contributed by atoms with van der Waals surface area (Å²) in [6.45, 7) is 11.6. The van der Waals surface area contributed by atoms with Gasteiger partial charge in [0.05, 0.1) is 11.0 Å². The molecule has 9 heteroatoms. The largest absolute Gasteiger partial charge is 0.444 e. The lowest BCUT2D eigenvalue weighted by molar-refractivity contribution is -0.135. The third-order valence-electron chi connectivity index (χ3n) is 10.7. The number of hydrogen-bond acceptors (Lipinski definition) is 5. The fourth-order valence-corrected chi connectivity index (χ4v) is 8.46. The molecule has 0 saturated carbocycles. The minimum Gasteiger partial charge on any atom is -0.444 e. The van der Waals surface area contributed by atoms with E-state index in [1.54, 1.807) is 6.07 Å². The number of benzene rings is 2. The standard InChI is InChI=1S/C37H50FN5O3/c1-6-31(40-35(45)46-36(3,4)5)34(44)41-19-16-37(17-20-41,26-10-9-11-27(38)22-26)18-21-42-28-14-15-29(42)24-30(23-28)43-25(2)39-32-12-7-8-13-33(32)43/h7-13,22,28-31H,6,14-21,23-24H2,1-5H3,(H,40,45). The summed E-state index contributed by atoms with van der Waals surface area (Å²) in [5.41, 5.74) is 2.48. The fourth-order valence-electron chi connectivity index (χ4n) is 8.46. The Morgan fingerprint density at radius 3 is 2.39 bits per heavy atom. The Kier molecular flexibility index (Phi) is 9.16. The van der Waals surface area contributed by atoms with E-state index in [9.17, 15) is 14.0 Å². The molecule has 2 aromatic carbocycles. The van der Waals surface area contributed by atoms with Gasteiger partial charge < -0.3 is 19.5 Å². The number of aryl methyl sites for hydroxylation is 1. The highest BCUT2D eigenvalue weighted by atomic mass is 19.1. The molecule has 6 rings (SSSR count). The van der Waals surface area contributed by atoms with Gasteiger partial charge in [-0.2, -0.15) is 0 Å². The lowest BCUT2D eigenvalue weighted by Gasteiger charge is -2.46. The van der Waals surface area contributed by atoms with Crippen LogP contribution in [0.2, 0.25) is 0 Å². The van der Waals surface area contributed by atoms with Gasteiger partial charge in [0.15, 0.2) is 0 Å². The fraction of sp³-hybridized carbons (Fsp3) is 0.595. The van der Waals surface area contributed by atoms with Crippen molar-refractivity contribution in [2.75, 3.05) is 19.6 Å². The molecule has 3 atom stereocenters. The molecule has 0 aliphatic carbocycles. The first-order chi connectivity index (χ1) is 22.0. The number of alkyl carbamates (subject to hydrolysis) is 1. The second-order valence-corrected chi connectivity index (χ2v) is 14.7. The van der Waals surface area contributed by atoms with Crippen molar-refractivity contribution in [3.63, 3.8) is 0 Å². The monoisotopic (exact) mass is 631 g/mol. The first-order valence-electron chi connectivity index (χ1n) is 17.2. The zero-order valence-electron chi connectivity index (χ0n) is 28.1. The molecule has 248 valence electrons. The van der Waals surface area contributed by atoms with Crippen molar-refractivity contribution < 1.29 is 18.7 Å². The van der Waals surface area contributed by atoms with Crippen molar-refractivity contribution in [1.82, 2.24) is 24.7 Å². The van der Waals surface area contributed by atoms with Crippen molar-refractivity contribution in [1.29, 1.82) is 0 Å². The molecule has 3 saturated heterocycles. The number of likely N-dealkylation sites (tertiary alicyclic amines) is 1. The van der Waals surface area contributed by atoms with E-state index in [1.807, 2.05) is 38.7 Å². The Labute approximate surface area is 272 Å². The number of aromatic nitrogens is 2. The Morgan fingerprint density at radius 1 is 1.04 bits per heavy atom. The van der Waals surface area contributed by atoms with Crippen LogP contribution >= 0.6 is 0 Å². The van der Waals surface area contributed by atoms with E-state index in [4.69, 9.17) is 9.72 Å². The maximum Gasteiger partial charge on any atom is 0.408 e. The maximum atomic E-state index is 14.6. The van der Waals surface area contributed by atoms with Crippen LogP contribution < -0.4 is 5.32 Å². The number of para-hydroxylation sites is 2. The number of fused-ring (bicyclic) bond motifs is 3. The molecule has 3 unspecified atom stereocenters. The Hall–Kier alpha value is -3.46. The Bertz CT molecular complexity index is 1540. The average Bonchev–Trinajstić information content (AvgIpc) is 3.48. The molecule has 0 radical (unpaired) electrons. The molecular weight excluding hydrogens is 581 g/mol. The third-order valence-corrected chi connectivity index (χ3v) is 10.7. The topological polar surface area (TPSA) is 79.7 Å². The molecular formula is C37H50FN5O3. The van der Waals surface area contributed by atoms with Gasteiger partial charge in [0.25, 0.3) is 0 Å². The van der Waals surface area contributed by atoms with E-state index >= 15 is 0 Å². The number of carbonyl (C=O) groups excluding carboxylic acids is 2. The normalized spacial score (nSPS) is 23.8. The quantitative estimate of drug-likeness (QED) is 0.293. The van der Waals surface area contributed by atoms with Crippen molar-refractivity contribution >= 4 is 23.0 Å². The maximum absolute atomic E-state index is 14.6. The molecule has 3 aromatic rings. The van der Waals surface area contributed by atoms with Crippen molar-refractivity contribution in [2.45, 2.75) is 121 Å². The van der Waals surface area contributed by atoms with Crippen molar-refractivity contribution in [2.24, 2.45) is 0 Å². The summed E-state index contributed by atoms with van der Waals surface area (Å²) in [7, 11) is 0. The third kappa shape index (κ3) is 6.66. The molecule has 4 heterocycles. The summed E-state index contributed by atoms with van der Waals surface area (Å²) >= 11 is 0. The number of ether oxygens (including phenoxy) is 1. The second-order valence-electron chi connectivity index (χ2n) is 14.7. The van der Waals surface area contributed by atoms with E-state index in [0.717, 1.165) is 55.6 Å². The number of nitrogens with zero attached hydrogens (tertiary/aromatic N) is 4. The van der Waals surface area contributed by atoms with Crippen LogP contribution in [0.4, 0.5) is 9.18 Å². The van der Waals surface area contributed by atoms with Crippen molar-refractivity contribution in [3.05, 3.63) is 65.7 Å². The molecule has 1 aromatic heterocycles. The highest BCUT2D eigenvalue weighted by molar-refractivity contribution is 5.85. The van der Waals surface area contributed by atoms with Crippen LogP contribution in [0, 0.1) is 12.7 Å². The minimum atomic E-state index is -0.636. The molecule has 3 aliphatic rings. The predicted molar refractivity (Wildman–Crippen MR) is 178 cm³/mol.